The van der Waals surface area contributed by atoms with Crippen LogP contribution < -0.4 is 10.1 Å². The summed E-state index contributed by atoms with van der Waals surface area (Å²) < 4.78 is 5.43. The molecule has 0 spiro atoms. The third kappa shape index (κ3) is 3.45. The minimum absolute atomic E-state index is 0.268. The summed E-state index contributed by atoms with van der Waals surface area (Å²) in [5.74, 6) is 1.78. The topological polar surface area (TPSA) is 21.3 Å². The summed E-state index contributed by atoms with van der Waals surface area (Å²) >= 11 is 0. The second-order valence-electron chi connectivity index (χ2n) is 5.86. The Balaban J connectivity index is 1.61. The van der Waals surface area contributed by atoms with Crippen molar-refractivity contribution in [2.75, 3.05) is 7.11 Å². The minimum atomic E-state index is 0.268. The lowest BCUT2D eigenvalue weighted by molar-refractivity contribution is 0.401. The fraction of sp³-hybridized carbons (Fsp3) is 0.368. The molecule has 1 fully saturated rings. The monoisotopic (exact) mass is 281 g/mol. The normalized spacial score (nSPS) is 15.7. The van der Waals surface area contributed by atoms with Gasteiger partial charge < -0.3 is 10.1 Å². The zero-order valence-electron chi connectivity index (χ0n) is 12.8. The Kier molecular flexibility index (Phi) is 4.26. The molecule has 1 aliphatic carbocycles. The first-order chi connectivity index (χ1) is 10.3. The molecule has 1 atom stereocenters. The van der Waals surface area contributed by atoms with Crippen molar-refractivity contribution in [2.45, 2.75) is 38.3 Å². The van der Waals surface area contributed by atoms with Gasteiger partial charge in [-0.05, 0) is 42.9 Å². The Labute approximate surface area is 127 Å². The van der Waals surface area contributed by atoms with Gasteiger partial charge in [-0.1, -0.05) is 42.5 Å². The van der Waals surface area contributed by atoms with Gasteiger partial charge in [0, 0.05) is 18.2 Å². The van der Waals surface area contributed by atoms with Gasteiger partial charge in [-0.15, -0.1) is 0 Å². The number of methoxy groups -OCH3 is 1. The van der Waals surface area contributed by atoms with Crippen molar-refractivity contribution in [3.8, 4) is 5.75 Å². The molecule has 0 radical (unpaired) electrons. The molecular weight excluding hydrogens is 258 g/mol. The maximum absolute atomic E-state index is 5.43. The summed E-state index contributed by atoms with van der Waals surface area (Å²) in [7, 11) is 1.72. The summed E-state index contributed by atoms with van der Waals surface area (Å²) in [6.07, 6.45) is 2.73. The third-order valence-corrected chi connectivity index (χ3v) is 4.25. The maximum atomic E-state index is 5.43. The van der Waals surface area contributed by atoms with Crippen molar-refractivity contribution in [1.82, 2.24) is 5.32 Å². The van der Waals surface area contributed by atoms with Crippen LogP contribution in [-0.2, 0) is 6.54 Å². The summed E-state index contributed by atoms with van der Waals surface area (Å²) in [6, 6.07) is 17.5. The van der Waals surface area contributed by atoms with Crippen molar-refractivity contribution in [2.24, 2.45) is 0 Å². The molecule has 0 heterocycles. The van der Waals surface area contributed by atoms with Crippen LogP contribution in [0.1, 0.15) is 48.4 Å². The van der Waals surface area contributed by atoms with Crippen molar-refractivity contribution < 1.29 is 4.74 Å². The highest BCUT2D eigenvalue weighted by Crippen LogP contribution is 2.39. The molecule has 0 aliphatic heterocycles. The molecule has 3 rings (SSSR count). The molecule has 0 bridgehead atoms. The van der Waals surface area contributed by atoms with E-state index in [1.807, 2.05) is 12.1 Å². The number of para-hydroxylation sites is 1. The lowest BCUT2D eigenvalue weighted by Crippen LogP contribution is -2.18. The molecule has 21 heavy (non-hydrogen) atoms. The predicted octanol–water partition coefficient (Wildman–Crippen LogP) is 4.42. The second kappa shape index (κ2) is 6.31. The molecular formula is C19H23NO. The largest absolute Gasteiger partial charge is 0.496 e. The maximum Gasteiger partial charge on any atom is 0.123 e. The number of hydrogen-bond acceptors (Lipinski definition) is 2. The predicted molar refractivity (Wildman–Crippen MR) is 86.7 cm³/mol. The van der Waals surface area contributed by atoms with Gasteiger partial charge in [-0.25, -0.2) is 0 Å². The molecule has 2 heteroatoms. The van der Waals surface area contributed by atoms with Gasteiger partial charge in [0.2, 0.25) is 0 Å². The number of benzene rings is 2. The van der Waals surface area contributed by atoms with Crippen molar-refractivity contribution in [3.63, 3.8) is 0 Å². The van der Waals surface area contributed by atoms with Crippen LogP contribution in [0.5, 0.6) is 5.75 Å². The Morgan fingerprint density at radius 2 is 1.81 bits per heavy atom. The van der Waals surface area contributed by atoms with E-state index in [-0.39, 0.29) is 6.04 Å². The van der Waals surface area contributed by atoms with Crippen LogP contribution in [0.4, 0.5) is 0 Å². The second-order valence-corrected chi connectivity index (χ2v) is 5.86. The van der Waals surface area contributed by atoms with Gasteiger partial charge in [-0.3, -0.25) is 0 Å². The first-order valence-electron chi connectivity index (χ1n) is 7.73. The molecule has 2 aromatic carbocycles. The number of ether oxygens (including phenoxy) is 1. The highest BCUT2D eigenvalue weighted by atomic mass is 16.5. The Morgan fingerprint density at radius 3 is 2.48 bits per heavy atom. The van der Waals surface area contributed by atoms with E-state index in [2.05, 4.69) is 48.6 Å². The van der Waals surface area contributed by atoms with Crippen LogP contribution in [0.2, 0.25) is 0 Å². The van der Waals surface area contributed by atoms with E-state index in [0.717, 1.165) is 18.2 Å². The molecule has 1 N–H and O–H groups in total. The Bertz CT molecular complexity index is 587. The average molecular weight is 281 g/mol. The average Bonchev–Trinajstić information content (AvgIpc) is 3.38. The molecule has 0 amide bonds. The summed E-state index contributed by atoms with van der Waals surface area (Å²) in [6.45, 7) is 3.06. The molecule has 0 unspecified atom stereocenters. The van der Waals surface area contributed by atoms with Crippen LogP contribution >= 0.6 is 0 Å². The number of nitrogens with one attached hydrogen (secondary N) is 1. The first kappa shape index (κ1) is 14.2. The van der Waals surface area contributed by atoms with Gasteiger partial charge in [0.1, 0.15) is 5.75 Å². The highest BCUT2D eigenvalue weighted by molar-refractivity contribution is 5.35. The van der Waals surface area contributed by atoms with E-state index in [9.17, 15) is 0 Å². The van der Waals surface area contributed by atoms with Crippen molar-refractivity contribution in [3.05, 3.63) is 65.2 Å². The highest BCUT2D eigenvalue weighted by Gasteiger charge is 2.22. The summed E-state index contributed by atoms with van der Waals surface area (Å²) in [5.41, 5.74) is 4.03. The molecule has 110 valence electrons. The third-order valence-electron chi connectivity index (χ3n) is 4.25. The molecule has 1 saturated carbocycles. The van der Waals surface area contributed by atoms with Gasteiger partial charge in [-0.2, -0.15) is 0 Å². The van der Waals surface area contributed by atoms with Gasteiger partial charge in [0.25, 0.3) is 0 Å². The smallest absolute Gasteiger partial charge is 0.123 e. The van der Waals surface area contributed by atoms with Crippen LogP contribution in [0.25, 0.3) is 0 Å². The Morgan fingerprint density at radius 1 is 1.10 bits per heavy atom. The molecule has 2 nitrogen and oxygen atoms in total. The summed E-state index contributed by atoms with van der Waals surface area (Å²) in [4.78, 5) is 0. The van der Waals surface area contributed by atoms with E-state index < -0.39 is 0 Å². The fourth-order valence-corrected chi connectivity index (χ4v) is 2.73. The van der Waals surface area contributed by atoms with Gasteiger partial charge in [0.05, 0.1) is 7.11 Å². The van der Waals surface area contributed by atoms with Crippen LogP contribution in [-0.4, -0.2) is 7.11 Å². The van der Waals surface area contributed by atoms with E-state index in [4.69, 9.17) is 4.74 Å². The quantitative estimate of drug-likeness (QED) is 0.846. The Hall–Kier alpha value is -1.80. The zero-order chi connectivity index (χ0) is 14.7. The summed E-state index contributed by atoms with van der Waals surface area (Å²) in [5, 5.41) is 3.57. The fourth-order valence-electron chi connectivity index (χ4n) is 2.73. The van der Waals surface area contributed by atoms with E-state index in [0.29, 0.717) is 0 Å². The van der Waals surface area contributed by atoms with Crippen LogP contribution in [0.3, 0.4) is 0 Å². The SMILES string of the molecule is COc1ccccc1[C@@H](C)NCc1ccc(C2CC2)cc1. The van der Waals surface area contributed by atoms with Gasteiger partial charge >= 0.3 is 0 Å². The molecule has 0 saturated heterocycles. The van der Waals surface area contributed by atoms with Crippen molar-refractivity contribution >= 4 is 0 Å². The molecule has 1 aliphatic rings. The lowest BCUT2D eigenvalue weighted by atomic mass is 10.1. The lowest BCUT2D eigenvalue weighted by Gasteiger charge is -2.17. The van der Waals surface area contributed by atoms with E-state index in [1.54, 1.807) is 7.11 Å². The number of hydrogen-bond donors (Lipinski definition) is 1. The molecule has 0 aromatic heterocycles. The van der Waals surface area contributed by atoms with Crippen LogP contribution in [0, 0.1) is 0 Å². The standard InChI is InChI=1S/C19H23NO/c1-14(18-5-3-4-6-19(18)21-2)20-13-15-7-9-16(10-8-15)17-11-12-17/h3-10,14,17,20H,11-13H2,1-2H3/t14-/m1/s1. The molecule has 2 aromatic rings. The zero-order valence-corrected chi connectivity index (χ0v) is 12.8. The van der Waals surface area contributed by atoms with Gasteiger partial charge in [0.15, 0.2) is 0 Å². The minimum Gasteiger partial charge on any atom is -0.496 e. The van der Waals surface area contributed by atoms with E-state index >= 15 is 0 Å². The van der Waals surface area contributed by atoms with Crippen molar-refractivity contribution in [1.29, 1.82) is 0 Å². The van der Waals surface area contributed by atoms with Crippen LogP contribution in [0.15, 0.2) is 48.5 Å². The number of rotatable bonds is 6. The van der Waals surface area contributed by atoms with E-state index in [1.165, 1.54) is 29.5 Å². The first-order valence-corrected chi connectivity index (χ1v) is 7.73.